The first-order chi connectivity index (χ1) is 10.2. The van der Waals surface area contributed by atoms with Crippen molar-refractivity contribution in [2.75, 3.05) is 26.7 Å². The van der Waals surface area contributed by atoms with Crippen LogP contribution in [0, 0.1) is 0 Å². The summed E-state index contributed by atoms with van der Waals surface area (Å²) in [5.74, 6) is 0.569. The van der Waals surface area contributed by atoms with Crippen LogP contribution >= 0.6 is 0 Å². The molecule has 3 N–H and O–H groups in total. The number of likely N-dealkylation sites (N-methyl/N-ethyl adjacent to an activating group) is 1. The van der Waals surface area contributed by atoms with Crippen molar-refractivity contribution < 1.29 is 0 Å². The minimum atomic E-state index is 0.569. The van der Waals surface area contributed by atoms with Gasteiger partial charge in [-0.2, -0.15) is 0 Å². The number of benzene rings is 1. The van der Waals surface area contributed by atoms with Crippen LogP contribution in [-0.4, -0.2) is 37.5 Å². The highest BCUT2D eigenvalue weighted by molar-refractivity contribution is 5.77. The van der Waals surface area contributed by atoms with Crippen molar-refractivity contribution in [2.45, 2.75) is 39.2 Å². The van der Waals surface area contributed by atoms with Crippen molar-refractivity contribution >= 4 is 5.96 Å². The molecule has 0 fully saturated rings. The van der Waals surface area contributed by atoms with E-state index in [1.54, 1.807) is 0 Å². The summed E-state index contributed by atoms with van der Waals surface area (Å²) in [6.45, 7) is 5.77. The molecule has 0 spiro atoms. The lowest BCUT2D eigenvalue weighted by atomic mass is 10.2. The second-order valence-corrected chi connectivity index (χ2v) is 5.48. The summed E-state index contributed by atoms with van der Waals surface area (Å²) in [6.07, 6.45) is 4.91. The number of nitrogens with two attached hydrogens (primary N) is 1. The van der Waals surface area contributed by atoms with Gasteiger partial charge < -0.3 is 16.0 Å². The Hall–Kier alpha value is -1.55. The van der Waals surface area contributed by atoms with Gasteiger partial charge in [0.15, 0.2) is 5.96 Å². The van der Waals surface area contributed by atoms with E-state index >= 15 is 0 Å². The van der Waals surface area contributed by atoms with Crippen LogP contribution in [0.4, 0.5) is 0 Å². The number of nitrogens with zero attached hydrogens (tertiary/aromatic N) is 2. The lowest BCUT2D eigenvalue weighted by Gasteiger charge is -2.17. The lowest BCUT2D eigenvalue weighted by Crippen LogP contribution is -2.37. The molecule has 0 aliphatic rings. The normalized spacial score (nSPS) is 11.9. The minimum Gasteiger partial charge on any atom is -0.370 e. The molecule has 1 aromatic carbocycles. The first kappa shape index (κ1) is 17.5. The van der Waals surface area contributed by atoms with Gasteiger partial charge >= 0.3 is 0 Å². The number of aliphatic imine (C=N–C) groups is 1. The first-order valence-corrected chi connectivity index (χ1v) is 7.98. The fourth-order valence-electron chi connectivity index (χ4n) is 2.14. The van der Waals surface area contributed by atoms with Crippen LogP contribution in [0.5, 0.6) is 0 Å². The molecule has 0 unspecified atom stereocenters. The summed E-state index contributed by atoms with van der Waals surface area (Å²) in [4.78, 5) is 6.62. The van der Waals surface area contributed by atoms with Crippen molar-refractivity contribution in [3.8, 4) is 0 Å². The van der Waals surface area contributed by atoms with Crippen molar-refractivity contribution in [3.05, 3.63) is 35.9 Å². The van der Waals surface area contributed by atoms with Gasteiger partial charge in [-0.05, 0) is 19.0 Å². The van der Waals surface area contributed by atoms with Gasteiger partial charge in [-0.25, -0.2) is 0 Å². The molecule has 1 rings (SSSR count). The van der Waals surface area contributed by atoms with E-state index in [-0.39, 0.29) is 0 Å². The molecule has 4 heteroatoms. The second-order valence-electron chi connectivity index (χ2n) is 5.48. The summed E-state index contributed by atoms with van der Waals surface area (Å²) in [5.41, 5.74) is 7.18. The van der Waals surface area contributed by atoms with E-state index in [4.69, 9.17) is 5.73 Å². The molecule has 0 radical (unpaired) electrons. The van der Waals surface area contributed by atoms with E-state index in [0.717, 1.165) is 32.6 Å². The Morgan fingerprint density at radius 1 is 1.19 bits per heavy atom. The summed E-state index contributed by atoms with van der Waals surface area (Å²) in [6, 6.07) is 10.5. The third-order valence-corrected chi connectivity index (χ3v) is 3.39. The van der Waals surface area contributed by atoms with E-state index < -0.39 is 0 Å². The number of nitrogens with one attached hydrogen (secondary N) is 1. The Morgan fingerprint density at radius 3 is 2.67 bits per heavy atom. The SMILES string of the molecule is CCCCCCN=C(N)NCCN(C)Cc1ccccc1. The van der Waals surface area contributed by atoms with Crippen molar-refractivity contribution in [1.82, 2.24) is 10.2 Å². The predicted molar refractivity (Wildman–Crippen MR) is 91.4 cm³/mol. The molecule has 0 bridgehead atoms. The van der Waals surface area contributed by atoms with Crippen LogP contribution in [0.15, 0.2) is 35.3 Å². The number of hydrogen-bond donors (Lipinski definition) is 2. The molecular weight excluding hydrogens is 260 g/mol. The monoisotopic (exact) mass is 290 g/mol. The first-order valence-electron chi connectivity index (χ1n) is 7.98. The Kier molecular flexibility index (Phi) is 9.29. The molecule has 0 atom stereocenters. The van der Waals surface area contributed by atoms with Gasteiger partial charge in [0.2, 0.25) is 0 Å². The molecule has 4 nitrogen and oxygen atoms in total. The van der Waals surface area contributed by atoms with Gasteiger partial charge in [0.1, 0.15) is 0 Å². The van der Waals surface area contributed by atoms with E-state index in [1.165, 1.54) is 24.8 Å². The molecule has 1 aromatic rings. The molecule has 118 valence electrons. The molecule has 0 heterocycles. The van der Waals surface area contributed by atoms with E-state index in [2.05, 4.69) is 53.4 Å². The Labute approximate surface area is 129 Å². The summed E-state index contributed by atoms with van der Waals surface area (Å²) in [5, 5.41) is 3.18. The second kappa shape index (κ2) is 11.1. The maximum Gasteiger partial charge on any atom is 0.188 e. The Bertz CT molecular complexity index is 389. The third-order valence-electron chi connectivity index (χ3n) is 3.39. The van der Waals surface area contributed by atoms with Gasteiger partial charge in [-0.3, -0.25) is 4.99 Å². The third kappa shape index (κ3) is 9.08. The van der Waals surface area contributed by atoms with Crippen molar-refractivity contribution in [3.63, 3.8) is 0 Å². The van der Waals surface area contributed by atoms with Crippen LogP contribution in [0.1, 0.15) is 38.2 Å². The Balaban J connectivity index is 2.10. The average molecular weight is 290 g/mol. The highest BCUT2D eigenvalue weighted by Gasteiger charge is 2.00. The van der Waals surface area contributed by atoms with Gasteiger partial charge in [-0.1, -0.05) is 56.5 Å². The highest BCUT2D eigenvalue weighted by Crippen LogP contribution is 2.01. The molecule has 0 aliphatic carbocycles. The van der Waals surface area contributed by atoms with Gasteiger partial charge in [0.25, 0.3) is 0 Å². The molecule has 21 heavy (non-hydrogen) atoms. The largest absolute Gasteiger partial charge is 0.370 e. The van der Waals surface area contributed by atoms with Crippen molar-refractivity contribution in [1.29, 1.82) is 0 Å². The van der Waals surface area contributed by atoms with Gasteiger partial charge in [0.05, 0.1) is 0 Å². The quantitative estimate of drug-likeness (QED) is 0.396. The van der Waals surface area contributed by atoms with Gasteiger partial charge in [-0.15, -0.1) is 0 Å². The van der Waals surface area contributed by atoms with Crippen LogP contribution in [0.25, 0.3) is 0 Å². The van der Waals surface area contributed by atoms with E-state index in [9.17, 15) is 0 Å². The summed E-state index contributed by atoms with van der Waals surface area (Å²) >= 11 is 0. The van der Waals surface area contributed by atoms with Gasteiger partial charge in [0, 0.05) is 26.2 Å². The Morgan fingerprint density at radius 2 is 1.95 bits per heavy atom. The number of rotatable bonds is 10. The number of unbranched alkanes of at least 4 members (excludes halogenated alkanes) is 3. The summed E-state index contributed by atoms with van der Waals surface area (Å²) < 4.78 is 0. The molecule has 0 saturated carbocycles. The zero-order valence-corrected chi connectivity index (χ0v) is 13.5. The van der Waals surface area contributed by atoms with Crippen LogP contribution in [0.2, 0.25) is 0 Å². The number of hydrogen-bond acceptors (Lipinski definition) is 2. The maximum atomic E-state index is 5.85. The molecular formula is C17H30N4. The topological polar surface area (TPSA) is 53.6 Å². The average Bonchev–Trinajstić information content (AvgIpc) is 2.48. The highest BCUT2D eigenvalue weighted by atomic mass is 15.1. The minimum absolute atomic E-state index is 0.569. The lowest BCUT2D eigenvalue weighted by molar-refractivity contribution is 0.331. The maximum absolute atomic E-state index is 5.85. The fourth-order valence-corrected chi connectivity index (χ4v) is 2.14. The molecule has 0 aromatic heterocycles. The van der Waals surface area contributed by atoms with Crippen LogP contribution in [-0.2, 0) is 6.54 Å². The smallest absolute Gasteiger partial charge is 0.188 e. The number of guanidine groups is 1. The molecule has 0 amide bonds. The molecule has 0 aliphatic heterocycles. The van der Waals surface area contributed by atoms with Crippen molar-refractivity contribution in [2.24, 2.45) is 10.7 Å². The van der Waals surface area contributed by atoms with Crippen LogP contribution in [0.3, 0.4) is 0 Å². The zero-order chi connectivity index (χ0) is 15.3. The van der Waals surface area contributed by atoms with E-state index in [1.807, 2.05) is 6.07 Å². The zero-order valence-electron chi connectivity index (χ0n) is 13.5. The predicted octanol–water partition coefficient (Wildman–Crippen LogP) is 2.60. The molecule has 0 saturated heterocycles. The van der Waals surface area contributed by atoms with Crippen LogP contribution < -0.4 is 11.1 Å². The standard InChI is InChI=1S/C17H30N4/c1-3-4-5-9-12-19-17(18)20-13-14-21(2)15-16-10-7-6-8-11-16/h6-8,10-11H,3-5,9,12-15H2,1-2H3,(H3,18,19,20). The van der Waals surface area contributed by atoms with E-state index in [0.29, 0.717) is 5.96 Å². The fraction of sp³-hybridized carbons (Fsp3) is 0.588. The summed E-state index contributed by atoms with van der Waals surface area (Å²) in [7, 11) is 2.12.